The lowest BCUT2D eigenvalue weighted by Crippen LogP contribution is -2.31. The molecule has 2 atom stereocenters. The zero-order chi connectivity index (χ0) is 22.0. The molecule has 0 unspecified atom stereocenters. The number of nitrogens with one attached hydrogen (secondary N) is 1. The van der Waals surface area contributed by atoms with Crippen molar-refractivity contribution in [1.29, 1.82) is 0 Å². The van der Waals surface area contributed by atoms with Crippen LogP contribution in [0.4, 0.5) is 0 Å². The topological polar surface area (TPSA) is 62.5 Å². The third-order valence-corrected chi connectivity index (χ3v) is 6.21. The Morgan fingerprint density at radius 3 is 2.71 bits per heavy atom. The Morgan fingerprint density at radius 1 is 1.16 bits per heavy atom. The van der Waals surface area contributed by atoms with Crippen molar-refractivity contribution in [2.45, 2.75) is 32.4 Å². The molecule has 2 aromatic heterocycles. The van der Waals surface area contributed by atoms with Crippen LogP contribution in [0.2, 0.25) is 0 Å². The van der Waals surface area contributed by atoms with Crippen LogP contribution in [0.3, 0.4) is 0 Å². The third-order valence-electron chi connectivity index (χ3n) is 5.86. The smallest absolute Gasteiger partial charge is 0.170 e. The molecule has 4 rings (SSSR count). The van der Waals surface area contributed by atoms with Gasteiger partial charge in [-0.1, -0.05) is 12.1 Å². The second kappa shape index (κ2) is 9.08. The predicted molar refractivity (Wildman–Crippen MR) is 126 cm³/mol. The highest BCUT2D eigenvalue weighted by Crippen LogP contribution is 2.41. The summed E-state index contributed by atoms with van der Waals surface area (Å²) in [6.45, 7) is 5.06. The van der Waals surface area contributed by atoms with Crippen molar-refractivity contribution in [2.75, 3.05) is 20.3 Å². The van der Waals surface area contributed by atoms with Gasteiger partial charge in [-0.3, -0.25) is 4.98 Å². The van der Waals surface area contributed by atoms with Crippen molar-refractivity contribution in [2.24, 2.45) is 0 Å². The molecule has 0 amide bonds. The number of thiocarbonyl (C=S) groups is 1. The summed E-state index contributed by atoms with van der Waals surface area (Å²) in [4.78, 5) is 6.79. The fourth-order valence-electron chi connectivity index (χ4n) is 4.46. The highest BCUT2D eigenvalue weighted by molar-refractivity contribution is 7.80. The van der Waals surface area contributed by atoms with E-state index in [-0.39, 0.29) is 18.7 Å². The van der Waals surface area contributed by atoms with Gasteiger partial charge in [-0.05, 0) is 68.4 Å². The number of methoxy groups -OCH3 is 1. The molecule has 2 N–H and O–H groups in total. The van der Waals surface area contributed by atoms with Crippen LogP contribution in [0.1, 0.15) is 41.1 Å². The van der Waals surface area contributed by atoms with E-state index < -0.39 is 0 Å². The normalized spacial score (nSPS) is 18.3. The van der Waals surface area contributed by atoms with Gasteiger partial charge in [0.1, 0.15) is 5.75 Å². The largest absolute Gasteiger partial charge is 0.497 e. The fourth-order valence-corrected chi connectivity index (χ4v) is 4.79. The van der Waals surface area contributed by atoms with E-state index in [1.165, 1.54) is 5.56 Å². The van der Waals surface area contributed by atoms with Gasteiger partial charge < -0.3 is 24.6 Å². The number of aliphatic hydroxyl groups is 1. The summed E-state index contributed by atoms with van der Waals surface area (Å²) in [5.74, 6) is 0.825. The Morgan fingerprint density at radius 2 is 2.00 bits per heavy atom. The molecular weight excluding hydrogens is 408 g/mol. The SMILES string of the molecule is COc1cccc(-n2c(C)cc([C@H]3[C@@H](c4ccccn4)NC(=S)N3CCCO)c2C)c1. The second-order valence-electron chi connectivity index (χ2n) is 7.76. The van der Waals surface area contributed by atoms with Crippen LogP contribution in [-0.4, -0.2) is 44.9 Å². The van der Waals surface area contributed by atoms with Crippen LogP contribution in [0.5, 0.6) is 5.75 Å². The molecule has 3 heterocycles. The van der Waals surface area contributed by atoms with Crippen LogP contribution in [-0.2, 0) is 0 Å². The van der Waals surface area contributed by atoms with Crippen molar-refractivity contribution in [3.63, 3.8) is 0 Å². The molecule has 0 aliphatic carbocycles. The van der Waals surface area contributed by atoms with Gasteiger partial charge >= 0.3 is 0 Å². The van der Waals surface area contributed by atoms with Crippen LogP contribution < -0.4 is 10.1 Å². The van der Waals surface area contributed by atoms with Crippen LogP contribution in [0.25, 0.3) is 5.69 Å². The van der Waals surface area contributed by atoms with Gasteiger partial charge in [0, 0.05) is 42.5 Å². The zero-order valence-electron chi connectivity index (χ0n) is 18.1. The predicted octanol–water partition coefficient (Wildman–Crippen LogP) is 3.85. The molecule has 6 nitrogen and oxygen atoms in total. The molecule has 1 aliphatic heterocycles. The molecule has 1 saturated heterocycles. The van der Waals surface area contributed by atoms with E-state index in [0.717, 1.165) is 28.5 Å². The van der Waals surface area contributed by atoms with Gasteiger partial charge in [-0.15, -0.1) is 0 Å². The first-order valence-corrected chi connectivity index (χ1v) is 10.9. The number of aromatic nitrogens is 2. The van der Waals surface area contributed by atoms with Gasteiger partial charge in [0.2, 0.25) is 0 Å². The van der Waals surface area contributed by atoms with Crippen LogP contribution in [0.15, 0.2) is 54.7 Å². The number of hydrogen-bond donors (Lipinski definition) is 2. The Bertz CT molecular complexity index is 1070. The van der Waals surface area contributed by atoms with Gasteiger partial charge in [-0.25, -0.2) is 0 Å². The highest BCUT2D eigenvalue weighted by atomic mass is 32.1. The van der Waals surface area contributed by atoms with Crippen molar-refractivity contribution in [3.8, 4) is 11.4 Å². The number of rotatable bonds is 7. The van der Waals surface area contributed by atoms with E-state index in [1.54, 1.807) is 7.11 Å². The fraction of sp³-hybridized carbons (Fsp3) is 0.333. The quantitative estimate of drug-likeness (QED) is 0.549. The van der Waals surface area contributed by atoms with E-state index in [9.17, 15) is 5.11 Å². The Kier molecular flexibility index (Phi) is 6.25. The second-order valence-corrected chi connectivity index (χ2v) is 8.15. The molecule has 31 heavy (non-hydrogen) atoms. The lowest BCUT2D eigenvalue weighted by Gasteiger charge is -2.28. The first kappa shape index (κ1) is 21.3. The lowest BCUT2D eigenvalue weighted by atomic mass is 9.96. The van der Waals surface area contributed by atoms with Crippen molar-refractivity contribution in [1.82, 2.24) is 19.8 Å². The molecule has 0 radical (unpaired) electrons. The minimum absolute atomic E-state index is 0.0143. The molecule has 1 aliphatic rings. The third kappa shape index (κ3) is 4.03. The number of pyridine rings is 1. The van der Waals surface area contributed by atoms with Crippen molar-refractivity contribution >= 4 is 17.3 Å². The monoisotopic (exact) mass is 436 g/mol. The molecular formula is C24H28N4O2S. The lowest BCUT2D eigenvalue weighted by molar-refractivity contribution is 0.247. The Balaban J connectivity index is 1.81. The maximum Gasteiger partial charge on any atom is 0.170 e. The molecule has 0 saturated carbocycles. The summed E-state index contributed by atoms with van der Waals surface area (Å²) < 4.78 is 7.68. The molecule has 3 aromatic rings. The van der Waals surface area contributed by atoms with Gasteiger partial charge in [0.25, 0.3) is 0 Å². The van der Waals surface area contributed by atoms with Crippen molar-refractivity contribution in [3.05, 3.63) is 77.4 Å². The zero-order valence-corrected chi connectivity index (χ0v) is 18.9. The molecule has 1 fully saturated rings. The number of aryl methyl sites for hydroxylation is 1. The summed E-state index contributed by atoms with van der Waals surface area (Å²) >= 11 is 5.70. The maximum atomic E-state index is 9.43. The molecule has 7 heteroatoms. The van der Waals surface area contributed by atoms with Gasteiger partial charge in [-0.2, -0.15) is 0 Å². The number of benzene rings is 1. The van der Waals surface area contributed by atoms with Crippen LogP contribution >= 0.6 is 12.2 Å². The minimum Gasteiger partial charge on any atom is -0.497 e. The van der Waals surface area contributed by atoms with Gasteiger partial charge in [0.15, 0.2) is 5.11 Å². The maximum absolute atomic E-state index is 9.43. The summed E-state index contributed by atoms with van der Waals surface area (Å²) in [6, 6.07) is 16.2. The first-order valence-electron chi connectivity index (χ1n) is 10.5. The standard InChI is InChI=1S/C24H28N4O2S/c1-16-14-20(17(2)28(16)18-8-6-9-19(15-18)30-3)23-22(21-10-4-5-11-25-21)26-24(31)27(23)12-7-13-29/h4-6,8-11,14-15,22-23,29H,7,12-13H2,1-3H3,(H,26,31)/t22-,23+/m1/s1. The van der Waals surface area contributed by atoms with Crippen molar-refractivity contribution < 1.29 is 9.84 Å². The minimum atomic E-state index is -0.0633. The van der Waals surface area contributed by atoms with E-state index >= 15 is 0 Å². The van der Waals surface area contributed by atoms with E-state index in [2.05, 4.69) is 45.7 Å². The Hall–Kier alpha value is -2.90. The van der Waals surface area contributed by atoms with E-state index in [0.29, 0.717) is 18.1 Å². The van der Waals surface area contributed by atoms with Crippen LogP contribution in [0, 0.1) is 13.8 Å². The molecule has 1 aromatic carbocycles. The summed E-state index contributed by atoms with van der Waals surface area (Å²) in [5.41, 5.74) is 5.50. The Labute approximate surface area is 188 Å². The summed E-state index contributed by atoms with van der Waals surface area (Å²) in [7, 11) is 1.68. The summed E-state index contributed by atoms with van der Waals surface area (Å²) in [5, 5.41) is 13.6. The first-order chi connectivity index (χ1) is 15.0. The molecule has 162 valence electrons. The number of aliphatic hydroxyl groups excluding tert-OH is 1. The molecule has 0 bridgehead atoms. The average molecular weight is 437 g/mol. The average Bonchev–Trinajstić information content (AvgIpc) is 3.27. The summed E-state index contributed by atoms with van der Waals surface area (Å²) in [6.07, 6.45) is 2.47. The number of nitrogens with zero attached hydrogens (tertiary/aromatic N) is 3. The molecule has 0 spiro atoms. The van der Waals surface area contributed by atoms with E-state index in [1.807, 2.05) is 42.6 Å². The van der Waals surface area contributed by atoms with Gasteiger partial charge in [0.05, 0.1) is 24.9 Å². The highest BCUT2D eigenvalue weighted by Gasteiger charge is 2.41. The number of ether oxygens (including phenoxy) is 1. The van der Waals surface area contributed by atoms with E-state index in [4.69, 9.17) is 17.0 Å². The number of hydrogen-bond acceptors (Lipinski definition) is 4.